The molecule has 0 radical (unpaired) electrons. The zero-order chi connectivity index (χ0) is 15.7. The summed E-state index contributed by atoms with van der Waals surface area (Å²) in [6.45, 7) is 1.81. The molecule has 8 heteroatoms. The number of carboxylic acid groups (broad SMARTS) is 1. The van der Waals surface area contributed by atoms with Crippen molar-refractivity contribution in [3.8, 4) is 0 Å². The third-order valence-corrected chi connectivity index (χ3v) is 5.12. The highest BCUT2D eigenvalue weighted by molar-refractivity contribution is 9.10. The Morgan fingerprint density at radius 2 is 2.18 bits per heavy atom. The maximum Gasteiger partial charge on any atom is 0.318 e. The molecule has 0 spiro atoms. The fourth-order valence-electron chi connectivity index (χ4n) is 3.20. The molecule has 1 aliphatic carbocycles. The average Bonchev–Trinajstić information content (AvgIpc) is 2.88. The van der Waals surface area contributed by atoms with Crippen LogP contribution in [0.1, 0.15) is 31.4 Å². The lowest BCUT2D eigenvalue weighted by Gasteiger charge is -2.32. The number of aromatic nitrogens is 2. The fourth-order valence-corrected chi connectivity index (χ4v) is 3.62. The van der Waals surface area contributed by atoms with Crippen molar-refractivity contribution in [2.24, 2.45) is 5.92 Å². The van der Waals surface area contributed by atoms with E-state index in [-0.39, 0.29) is 18.0 Å². The molecule has 1 aliphatic heterocycles. The Bertz CT molecular complexity index is 589. The molecule has 0 aromatic carbocycles. The summed E-state index contributed by atoms with van der Waals surface area (Å²) in [6.07, 6.45) is 4.68. The van der Waals surface area contributed by atoms with Crippen LogP contribution in [0.2, 0.25) is 0 Å². The van der Waals surface area contributed by atoms with Crippen molar-refractivity contribution in [3.63, 3.8) is 0 Å². The fraction of sp³-hybridized carbons (Fsp3) is 0.643. The van der Waals surface area contributed by atoms with Crippen LogP contribution in [0.4, 0.5) is 4.79 Å². The first-order chi connectivity index (χ1) is 10.5. The molecule has 2 N–H and O–H groups in total. The predicted octanol–water partition coefficient (Wildman–Crippen LogP) is 1.81. The number of hydrogen-bond acceptors (Lipinski definition) is 3. The van der Waals surface area contributed by atoms with E-state index >= 15 is 0 Å². The van der Waals surface area contributed by atoms with Gasteiger partial charge in [-0.3, -0.25) is 9.48 Å². The van der Waals surface area contributed by atoms with E-state index in [1.165, 1.54) is 0 Å². The molecule has 120 valence electrons. The smallest absolute Gasteiger partial charge is 0.318 e. The van der Waals surface area contributed by atoms with E-state index in [2.05, 4.69) is 26.3 Å². The van der Waals surface area contributed by atoms with Gasteiger partial charge in [-0.15, -0.1) is 0 Å². The van der Waals surface area contributed by atoms with Crippen LogP contribution in [0.15, 0.2) is 10.7 Å². The van der Waals surface area contributed by atoms with Crippen LogP contribution in [0.3, 0.4) is 0 Å². The van der Waals surface area contributed by atoms with Crippen molar-refractivity contribution in [2.75, 3.05) is 6.54 Å². The Balaban J connectivity index is 1.59. The summed E-state index contributed by atoms with van der Waals surface area (Å²) in [5.74, 6) is -1.10. The van der Waals surface area contributed by atoms with Crippen molar-refractivity contribution < 1.29 is 14.7 Å². The predicted molar refractivity (Wildman–Crippen MR) is 82.3 cm³/mol. The van der Waals surface area contributed by atoms with Gasteiger partial charge in [0.1, 0.15) is 0 Å². The van der Waals surface area contributed by atoms with Gasteiger partial charge in [0.2, 0.25) is 0 Å². The van der Waals surface area contributed by atoms with E-state index in [0.29, 0.717) is 32.5 Å². The molecule has 2 aliphatic rings. The second-order valence-corrected chi connectivity index (χ2v) is 6.79. The summed E-state index contributed by atoms with van der Waals surface area (Å²) in [6, 6.07) is -0.159. The number of halogens is 1. The van der Waals surface area contributed by atoms with E-state index in [1.54, 1.807) is 11.1 Å². The van der Waals surface area contributed by atoms with Crippen molar-refractivity contribution in [1.29, 1.82) is 0 Å². The van der Waals surface area contributed by atoms with Gasteiger partial charge in [-0.1, -0.05) is 6.42 Å². The monoisotopic (exact) mass is 370 g/mol. The molecule has 1 aromatic rings. The van der Waals surface area contributed by atoms with E-state index in [1.807, 2.05) is 4.68 Å². The Hall–Kier alpha value is -1.57. The quantitative estimate of drug-likeness (QED) is 0.830. The zero-order valence-corrected chi connectivity index (χ0v) is 13.8. The highest BCUT2D eigenvalue weighted by Crippen LogP contribution is 2.25. The van der Waals surface area contributed by atoms with E-state index in [9.17, 15) is 9.59 Å². The minimum absolute atomic E-state index is 0.0439. The van der Waals surface area contributed by atoms with Crippen LogP contribution in [-0.4, -0.2) is 44.4 Å². The van der Waals surface area contributed by atoms with Gasteiger partial charge in [0.25, 0.3) is 0 Å². The second-order valence-electron chi connectivity index (χ2n) is 5.93. The van der Waals surface area contributed by atoms with Crippen molar-refractivity contribution in [2.45, 2.75) is 44.8 Å². The molecule has 0 saturated heterocycles. The third kappa shape index (κ3) is 3.11. The van der Waals surface area contributed by atoms with Crippen molar-refractivity contribution >= 4 is 27.9 Å². The lowest BCUT2D eigenvalue weighted by atomic mass is 9.86. The van der Waals surface area contributed by atoms with E-state index < -0.39 is 5.97 Å². The van der Waals surface area contributed by atoms with E-state index in [4.69, 9.17) is 5.11 Å². The van der Waals surface area contributed by atoms with Gasteiger partial charge in [0.05, 0.1) is 35.4 Å². The normalized spacial score (nSPS) is 24.7. The number of amides is 2. The second kappa shape index (κ2) is 6.28. The largest absolute Gasteiger partial charge is 0.481 e. The first-order valence-corrected chi connectivity index (χ1v) is 8.32. The Morgan fingerprint density at radius 3 is 2.95 bits per heavy atom. The summed E-state index contributed by atoms with van der Waals surface area (Å²) in [5, 5.41) is 16.4. The number of fused-ring (bicyclic) bond motifs is 1. The molecule has 2 atom stereocenters. The molecule has 1 saturated carbocycles. The molecule has 1 aromatic heterocycles. The Morgan fingerprint density at radius 1 is 1.36 bits per heavy atom. The number of nitrogens with zero attached hydrogens (tertiary/aromatic N) is 3. The lowest BCUT2D eigenvalue weighted by molar-refractivity contribution is -0.143. The lowest BCUT2D eigenvalue weighted by Crippen LogP contribution is -2.49. The molecular formula is C14H19BrN4O3. The van der Waals surface area contributed by atoms with Gasteiger partial charge >= 0.3 is 12.0 Å². The molecule has 7 nitrogen and oxygen atoms in total. The molecule has 22 heavy (non-hydrogen) atoms. The Kier molecular flexibility index (Phi) is 4.37. The minimum Gasteiger partial charge on any atom is -0.481 e. The summed E-state index contributed by atoms with van der Waals surface area (Å²) < 4.78 is 2.81. The molecule has 2 amide bonds. The molecule has 1 fully saturated rings. The molecule has 0 bridgehead atoms. The minimum atomic E-state index is -0.759. The standard InChI is InChI=1S/C14H19BrN4O3/c15-11-7-16-19-5-4-18(8-12(11)19)14(22)17-10-3-1-2-9(6-10)13(20)21/h7,9-10H,1-6,8H2,(H,17,22)(H,20,21). The third-order valence-electron chi connectivity index (χ3n) is 4.46. The van der Waals surface area contributed by atoms with Crippen LogP contribution in [0, 0.1) is 5.92 Å². The number of nitrogens with one attached hydrogen (secondary N) is 1. The van der Waals surface area contributed by atoms with Crippen molar-refractivity contribution in [3.05, 3.63) is 16.4 Å². The van der Waals surface area contributed by atoms with Crippen LogP contribution in [-0.2, 0) is 17.9 Å². The molecule has 3 rings (SSSR count). The summed E-state index contributed by atoms with van der Waals surface area (Å²) in [5.41, 5.74) is 0.994. The van der Waals surface area contributed by atoms with Gasteiger partial charge in [0.15, 0.2) is 0 Å². The number of carbonyl (C=O) groups is 2. The molecular weight excluding hydrogens is 352 g/mol. The summed E-state index contributed by atoms with van der Waals surface area (Å²) >= 11 is 3.44. The van der Waals surface area contributed by atoms with Crippen molar-refractivity contribution in [1.82, 2.24) is 20.0 Å². The maximum absolute atomic E-state index is 12.4. The van der Waals surface area contributed by atoms with Gasteiger partial charge in [-0.2, -0.15) is 5.10 Å². The van der Waals surface area contributed by atoms with Gasteiger partial charge in [0, 0.05) is 12.6 Å². The SMILES string of the molecule is O=C(O)C1CCCC(NC(=O)N2CCn3ncc(Br)c3C2)C1. The van der Waals surface area contributed by atoms with Gasteiger partial charge < -0.3 is 15.3 Å². The van der Waals surface area contributed by atoms with Crippen LogP contribution in [0.5, 0.6) is 0 Å². The summed E-state index contributed by atoms with van der Waals surface area (Å²) in [7, 11) is 0. The topological polar surface area (TPSA) is 87.5 Å². The highest BCUT2D eigenvalue weighted by Gasteiger charge is 2.30. The number of carboxylic acids is 1. The first-order valence-electron chi connectivity index (χ1n) is 7.53. The molecule has 2 heterocycles. The van der Waals surface area contributed by atoms with Crippen LogP contribution >= 0.6 is 15.9 Å². The van der Waals surface area contributed by atoms with Crippen LogP contribution < -0.4 is 5.32 Å². The van der Waals surface area contributed by atoms with E-state index in [0.717, 1.165) is 23.0 Å². The number of urea groups is 1. The number of aliphatic carboxylic acids is 1. The zero-order valence-electron chi connectivity index (χ0n) is 12.2. The number of hydrogen-bond donors (Lipinski definition) is 2. The molecule has 2 unspecified atom stereocenters. The average molecular weight is 371 g/mol. The van der Waals surface area contributed by atoms with Gasteiger partial charge in [-0.25, -0.2) is 4.79 Å². The number of rotatable bonds is 2. The maximum atomic E-state index is 12.4. The highest BCUT2D eigenvalue weighted by atomic mass is 79.9. The van der Waals surface area contributed by atoms with Gasteiger partial charge in [-0.05, 0) is 35.2 Å². The first kappa shape index (κ1) is 15.3. The van der Waals surface area contributed by atoms with Crippen LogP contribution in [0.25, 0.3) is 0 Å². The summed E-state index contributed by atoms with van der Waals surface area (Å²) in [4.78, 5) is 25.3. The number of carbonyl (C=O) groups excluding carboxylic acids is 1. The Labute approximate surface area is 136 Å².